The molecule has 0 radical (unpaired) electrons. The molecule has 2 aromatic rings. The van der Waals surface area contributed by atoms with Crippen LogP contribution in [0.4, 0.5) is 4.79 Å². The lowest BCUT2D eigenvalue weighted by molar-refractivity contribution is 0.0976. The number of hydrogen-bond donors (Lipinski definition) is 1. The number of carbonyl (C=O) groups excluding carboxylic acids is 2. The van der Waals surface area contributed by atoms with Crippen molar-refractivity contribution in [2.24, 2.45) is 0 Å². The first kappa shape index (κ1) is 8.91. The molecule has 1 aliphatic rings. The minimum absolute atomic E-state index is 0.341. The molecule has 1 aliphatic heterocycles. The SMILES string of the molecule is O=C1NC(=O)n2c1ccc2-c1ccccc1. The van der Waals surface area contributed by atoms with Crippen LogP contribution in [0.15, 0.2) is 42.5 Å². The Morgan fingerprint density at radius 3 is 2.31 bits per heavy atom. The van der Waals surface area contributed by atoms with Gasteiger partial charge in [-0.05, 0) is 17.7 Å². The average Bonchev–Trinajstić information content (AvgIpc) is 2.84. The molecule has 1 aromatic heterocycles. The van der Waals surface area contributed by atoms with Crippen molar-refractivity contribution >= 4 is 11.9 Å². The Morgan fingerprint density at radius 2 is 1.56 bits per heavy atom. The predicted octanol–water partition coefficient (Wildman–Crippen LogP) is 1.87. The zero-order valence-corrected chi connectivity index (χ0v) is 8.31. The maximum absolute atomic E-state index is 11.6. The summed E-state index contributed by atoms with van der Waals surface area (Å²) < 4.78 is 1.40. The molecule has 2 heterocycles. The van der Waals surface area contributed by atoms with E-state index in [1.807, 2.05) is 30.3 Å². The van der Waals surface area contributed by atoms with E-state index in [0.717, 1.165) is 11.3 Å². The maximum atomic E-state index is 11.6. The van der Waals surface area contributed by atoms with Crippen LogP contribution in [0.3, 0.4) is 0 Å². The Bertz CT molecular complexity index is 584. The highest BCUT2D eigenvalue weighted by atomic mass is 16.2. The third-order valence-electron chi connectivity index (χ3n) is 2.61. The van der Waals surface area contributed by atoms with Crippen molar-refractivity contribution in [2.45, 2.75) is 0 Å². The summed E-state index contributed by atoms with van der Waals surface area (Å²) in [6.45, 7) is 0. The van der Waals surface area contributed by atoms with Crippen LogP contribution in [-0.4, -0.2) is 16.5 Å². The summed E-state index contributed by atoms with van der Waals surface area (Å²) >= 11 is 0. The molecule has 1 aromatic carbocycles. The molecule has 4 heteroatoms. The van der Waals surface area contributed by atoms with Gasteiger partial charge in [0.05, 0.1) is 5.69 Å². The van der Waals surface area contributed by atoms with Crippen LogP contribution < -0.4 is 5.32 Å². The molecule has 16 heavy (non-hydrogen) atoms. The summed E-state index contributed by atoms with van der Waals surface area (Å²) in [6, 6.07) is 12.5. The second-order valence-corrected chi connectivity index (χ2v) is 3.56. The van der Waals surface area contributed by atoms with Gasteiger partial charge in [-0.1, -0.05) is 30.3 Å². The number of benzene rings is 1. The van der Waals surface area contributed by atoms with Gasteiger partial charge in [-0.2, -0.15) is 0 Å². The van der Waals surface area contributed by atoms with E-state index in [9.17, 15) is 9.59 Å². The Balaban J connectivity index is 2.22. The lowest BCUT2D eigenvalue weighted by Gasteiger charge is -2.02. The normalized spacial score (nSPS) is 13.8. The standard InChI is InChI=1S/C12H8N2O2/c15-11-10-7-6-9(14(10)12(16)13-11)8-4-2-1-3-5-8/h1-7H,(H,13,15,16). The van der Waals surface area contributed by atoms with Gasteiger partial charge in [-0.3, -0.25) is 14.7 Å². The number of hydrogen-bond acceptors (Lipinski definition) is 2. The van der Waals surface area contributed by atoms with Gasteiger partial charge in [-0.25, -0.2) is 4.79 Å². The second-order valence-electron chi connectivity index (χ2n) is 3.56. The van der Waals surface area contributed by atoms with Crippen LogP contribution in [0.2, 0.25) is 0 Å². The summed E-state index contributed by atoms with van der Waals surface area (Å²) in [5.74, 6) is -0.341. The van der Waals surface area contributed by atoms with Crippen LogP contribution >= 0.6 is 0 Å². The molecule has 0 spiro atoms. The number of imide groups is 1. The molecule has 1 N–H and O–H groups in total. The van der Waals surface area contributed by atoms with Crippen LogP contribution in [0.5, 0.6) is 0 Å². The van der Waals surface area contributed by atoms with Crippen LogP contribution in [0.25, 0.3) is 11.3 Å². The summed E-state index contributed by atoms with van der Waals surface area (Å²) in [5, 5.41) is 2.26. The first-order chi connectivity index (χ1) is 7.77. The topological polar surface area (TPSA) is 51.1 Å². The van der Waals surface area contributed by atoms with Crippen LogP contribution in [-0.2, 0) is 0 Å². The minimum Gasteiger partial charge on any atom is -0.272 e. The largest absolute Gasteiger partial charge is 0.333 e. The van der Waals surface area contributed by atoms with E-state index >= 15 is 0 Å². The van der Waals surface area contributed by atoms with E-state index < -0.39 is 0 Å². The zero-order chi connectivity index (χ0) is 11.1. The molecule has 0 aliphatic carbocycles. The highest BCUT2D eigenvalue weighted by Gasteiger charge is 2.28. The van der Waals surface area contributed by atoms with Gasteiger partial charge in [0, 0.05) is 0 Å². The van der Waals surface area contributed by atoms with E-state index in [1.54, 1.807) is 12.1 Å². The number of amides is 2. The number of nitrogens with zero attached hydrogens (tertiary/aromatic N) is 1. The van der Waals surface area contributed by atoms with Gasteiger partial charge < -0.3 is 0 Å². The minimum atomic E-state index is -0.385. The predicted molar refractivity (Wildman–Crippen MR) is 58.1 cm³/mol. The fourth-order valence-electron chi connectivity index (χ4n) is 1.88. The van der Waals surface area contributed by atoms with Crippen molar-refractivity contribution in [3.8, 4) is 11.3 Å². The Morgan fingerprint density at radius 1 is 0.875 bits per heavy atom. The van der Waals surface area contributed by atoms with Crippen molar-refractivity contribution < 1.29 is 9.59 Å². The first-order valence-corrected chi connectivity index (χ1v) is 4.90. The highest BCUT2D eigenvalue weighted by Crippen LogP contribution is 2.24. The molecule has 4 nitrogen and oxygen atoms in total. The number of nitrogens with one attached hydrogen (secondary N) is 1. The summed E-state index contributed by atoms with van der Waals surface area (Å²) in [5.41, 5.74) is 2.04. The van der Waals surface area contributed by atoms with Gasteiger partial charge in [0.1, 0.15) is 5.69 Å². The van der Waals surface area contributed by atoms with Crippen molar-refractivity contribution in [3.63, 3.8) is 0 Å². The van der Waals surface area contributed by atoms with Crippen molar-refractivity contribution in [2.75, 3.05) is 0 Å². The average molecular weight is 212 g/mol. The Hall–Kier alpha value is -2.36. The van der Waals surface area contributed by atoms with E-state index in [2.05, 4.69) is 5.32 Å². The van der Waals surface area contributed by atoms with Crippen molar-refractivity contribution in [1.82, 2.24) is 9.88 Å². The van der Waals surface area contributed by atoms with Gasteiger partial charge in [0.2, 0.25) is 0 Å². The van der Waals surface area contributed by atoms with E-state index in [-0.39, 0.29) is 11.9 Å². The lowest BCUT2D eigenvalue weighted by Crippen LogP contribution is -2.22. The van der Waals surface area contributed by atoms with Gasteiger partial charge in [-0.15, -0.1) is 0 Å². The number of aromatic nitrogens is 1. The zero-order valence-electron chi connectivity index (χ0n) is 8.31. The molecule has 3 rings (SSSR count). The Labute approximate surface area is 91.5 Å². The fourth-order valence-corrected chi connectivity index (χ4v) is 1.88. The summed E-state index contributed by atoms with van der Waals surface area (Å²) in [6.07, 6.45) is 0. The summed E-state index contributed by atoms with van der Waals surface area (Å²) in [4.78, 5) is 22.9. The lowest BCUT2D eigenvalue weighted by atomic mass is 10.1. The van der Waals surface area contributed by atoms with Crippen molar-refractivity contribution in [1.29, 1.82) is 0 Å². The third-order valence-corrected chi connectivity index (χ3v) is 2.61. The monoisotopic (exact) mass is 212 g/mol. The van der Waals surface area contributed by atoms with Gasteiger partial charge in [0.15, 0.2) is 0 Å². The number of fused-ring (bicyclic) bond motifs is 1. The molecular weight excluding hydrogens is 204 g/mol. The molecule has 0 saturated carbocycles. The van der Waals surface area contributed by atoms with Crippen molar-refractivity contribution in [3.05, 3.63) is 48.2 Å². The first-order valence-electron chi connectivity index (χ1n) is 4.90. The Kier molecular flexibility index (Phi) is 1.71. The van der Waals surface area contributed by atoms with Gasteiger partial charge in [0.25, 0.3) is 5.91 Å². The highest BCUT2D eigenvalue weighted by molar-refractivity contribution is 6.13. The molecular formula is C12H8N2O2. The molecule has 0 saturated heterocycles. The molecule has 78 valence electrons. The van der Waals surface area contributed by atoms with Crippen LogP contribution in [0.1, 0.15) is 10.5 Å². The van der Waals surface area contributed by atoms with Gasteiger partial charge >= 0.3 is 6.03 Å². The van der Waals surface area contributed by atoms with E-state index in [1.165, 1.54) is 4.57 Å². The van der Waals surface area contributed by atoms with Crippen LogP contribution in [0, 0.1) is 0 Å². The molecule has 2 amide bonds. The fraction of sp³-hybridized carbons (Fsp3) is 0. The maximum Gasteiger partial charge on any atom is 0.333 e. The molecule has 0 fully saturated rings. The quantitative estimate of drug-likeness (QED) is 0.784. The van der Waals surface area contributed by atoms with E-state index in [0.29, 0.717) is 5.69 Å². The summed E-state index contributed by atoms with van der Waals surface area (Å²) in [7, 11) is 0. The second kappa shape index (κ2) is 3.06. The number of rotatable bonds is 1. The smallest absolute Gasteiger partial charge is 0.272 e. The third kappa shape index (κ3) is 1.10. The van der Waals surface area contributed by atoms with E-state index in [4.69, 9.17) is 0 Å². The molecule has 0 unspecified atom stereocenters. The number of carbonyl (C=O) groups is 2. The molecule has 0 bridgehead atoms. The molecule has 0 atom stereocenters.